The SMILES string of the molecule is CC1(C)C(=O)N(CC(=O)OCc2ccccc2)C2CCCCC21. The first kappa shape index (κ1) is 16.0. The Kier molecular flexibility index (Phi) is 4.42. The van der Waals surface area contributed by atoms with Gasteiger partial charge in [0, 0.05) is 11.5 Å². The summed E-state index contributed by atoms with van der Waals surface area (Å²) in [5.41, 5.74) is 0.606. The maximum absolute atomic E-state index is 12.7. The zero-order valence-electron chi connectivity index (χ0n) is 14.0. The van der Waals surface area contributed by atoms with Crippen LogP contribution in [0.3, 0.4) is 0 Å². The lowest BCUT2D eigenvalue weighted by molar-refractivity contribution is -0.151. The number of ether oxygens (including phenoxy) is 1. The van der Waals surface area contributed by atoms with E-state index in [4.69, 9.17) is 4.74 Å². The van der Waals surface area contributed by atoms with Crippen molar-refractivity contribution < 1.29 is 14.3 Å². The van der Waals surface area contributed by atoms with Crippen LogP contribution in [0.25, 0.3) is 0 Å². The molecule has 4 nitrogen and oxygen atoms in total. The molecule has 1 aliphatic heterocycles. The Morgan fingerprint density at radius 2 is 1.91 bits per heavy atom. The van der Waals surface area contributed by atoms with Crippen molar-refractivity contribution in [3.8, 4) is 0 Å². The molecule has 4 heteroatoms. The number of amides is 1. The van der Waals surface area contributed by atoms with E-state index >= 15 is 0 Å². The van der Waals surface area contributed by atoms with Gasteiger partial charge in [-0.15, -0.1) is 0 Å². The average molecular weight is 315 g/mol. The molecule has 0 N–H and O–H groups in total. The molecule has 1 saturated heterocycles. The number of carbonyl (C=O) groups is 2. The molecule has 23 heavy (non-hydrogen) atoms. The maximum Gasteiger partial charge on any atom is 0.325 e. The highest BCUT2D eigenvalue weighted by molar-refractivity contribution is 5.88. The van der Waals surface area contributed by atoms with E-state index in [0.29, 0.717) is 5.92 Å². The van der Waals surface area contributed by atoms with Crippen LogP contribution in [0.2, 0.25) is 0 Å². The molecular weight excluding hydrogens is 290 g/mol. The number of likely N-dealkylation sites (tertiary alicyclic amines) is 1. The molecule has 0 radical (unpaired) electrons. The van der Waals surface area contributed by atoms with Crippen LogP contribution in [-0.2, 0) is 20.9 Å². The number of nitrogens with zero attached hydrogens (tertiary/aromatic N) is 1. The Labute approximate surface area is 137 Å². The molecular formula is C19H25NO3. The van der Waals surface area contributed by atoms with Crippen LogP contribution in [0.5, 0.6) is 0 Å². The second-order valence-electron chi connectivity index (χ2n) is 7.26. The summed E-state index contributed by atoms with van der Waals surface area (Å²) in [6.07, 6.45) is 4.41. The minimum absolute atomic E-state index is 0.0796. The normalized spacial score (nSPS) is 26.0. The highest BCUT2D eigenvalue weighted by Gasteiger charge is 2.54. The van der Waals surface area contributed by atoms with E-state index in [-0.39, 0.29) is 36.5 Å². The molecule has 1 heterocycles. The minimum atomic E-state index is -0.356. The van der Waals surface area contributed by atoms with Crippen molar-refractivity contribution in [2.45, 2.75) is 52.2 Å². The van der Waals surface area contributed by atoms with Crippen LogP contribution in [0.4, 0.5) is 0 Å². The molecule has 2 unspecified atom stereocenters. The summed E-state index contributed by atoms with van der Waals surface area (Å²) in [4.78, 5) is 26.7. The number of hydrogen-bond donors (Lipinski definition) is 0. The molecule has 1 saturated carbocycles. The van der Waals surface area contributed by atoms with Crippen molar-refractivity contribution in [3.63, 3.8) is 0 Å². The van der Waals surface area contributed by atoms with Crippen LogP contribution >= 0.6 is 0 Å². The van der Waals surface area contributed by atoms with Crippen molar-refractivity contribution in [2.75, 3.05) is 6.54 Å². The second-order valence-corrected chi connectivity index (χ2v) is 7.26. The van der Waals surface area contributed by atoms with Gasteiger partial charge < -0.3 is 9.64 Å². The highest BCUT2D eigenvalue weighted by atomic mass is 16.5. The molecule has 1 aromatic rings. The molecule has 1 aliphatic carbocycles. The van der Waals surface area contributed by atoms with Gasteiger partial charge in [-0.2, -0.15) is 0 Å². The van der Waals surface area contributed by atoms with E-state index in [0.717, 1.165) is 24.8 Å². The predicted molar refractivity (Wildman–Crippen MR) is 87.5 cm³/mol. The van der Waals surface area contributed by atoms with Gasteiger partial charge in [-0.3, -0.25) is 9.59 Å². The maximum atomic E-state index is 12.7. The second kappa shape index (κ2) is 6.34. The van der Waals surface area contributed by atoms with Gasteiger partial charge in [0.1, 0.15) is 13.2 Å². The van der Waals surface area contributed by atoms with Crippen molar-refractivity contribution in [3.05, 3.63) is 35.9 Å². The molecule has 3 rings (SSSR count). The zero-order chi connectivity index (χ0) is 16.4. The summed E-state index contributed by atoms with van der Waals surface area (Å²) < 4.78 is 5.35. The average Bonchev–Trinajstić information content (AvgIpc) is 2.75. The molecule has 1 amide bonds. The Morgan fingerprint density at radius 3 is 2.65 bits per heavy atom. The number of fused-ring (bicyclic) bond motifs is 1. The third-order valence-corrected chi connectivity index (χ3v) is 5.41. The fraction of sp³-hybridized carbons (Fsp3) is 0.579. The van der Waals surface area contributed by atoms with Crippen LogP contribution in [0.15, 0.2) is 30.3 Å². The van der Waals surface area contributed by atoms with Gasteiger partial charge in [-0.25, -0.2) is 0 Å². The van der Waals surface area contributed by atoms with Gasteiger partial charge in [-0.1, -0.05) is 57.0 Å². The summed E-state index contributed by atoms with van der Waals surface area (Å²) >= 11 is 0. The Hall–Kier alpha value is -1.84. The van der Waals surface area contributed by atoms with Crippen LogP contribution < -0.4 is 0 Å². The molecule has 0 spiro atoms. The largest absolute Gasteiger partial charge is 0.459 e. The third-order valence-electron chi connectivity index (χ3n) is 5.41. The number of esters is 1. The molecule has 124 valence electrons. The van der Waals surface area contributed by atoms with Gasteiger partial charge in [0.05, 0.1) is 0 Å². The van der Waals surface area contributed by atoms with E-state index in [2.05, 4.69) is 0 Å². The molecule has 0 aromatic heterocycles. The summed E-state index contributed by atoms with van der Waals surface area (Å²) in [6.45, 7) is 4.39. The van der Waals surface area contributed by atoms with E-state index in [1.54, 1.807) is 4.90 Å². The van der Waals surface area contributed by atoms with Crippen LogP contribution in [0, 0.1) is 11.3 Å². The van der Waals surface area contributed by atoms with E-state index in [1.165, 1.54) is 6.42 Å². The van der Waals surface area contributed by atoms with Crippen LogP contribution in [-0.4, -0.2) is 29.4 Å². The van der Waals surface area contributed by atoms with Crippen LogP contribution in [0.1, 0.15) is 45.1 Å². The lowest BCUT2D eigenvalue weighted by Gasteiger charge is -2.33. The van der Waals surface area contributed by atoms with E-state index in [9.17, 15) is 9.59 Å². The highest BCUT2D eigenvalue weighted by Crippen LogP contribution is 2.47. The number of benzene rings is 1. The van der Waals surface area contributed by atoms with Gasteiger partial charge in [0.15, 0.2) is 0 Å². The van der Waals surface area contributed by atoms with Crippen molar-refractivity contribution >= 4 is 11.9 Å². The van der Waals surface area contributed by atoms with E-state index in [1.807, 2.05) is 44.2 Å². The lowest BCUT2D eigenvalue weighted by atomic mass is 9.72. The molecule has 0 bridgehead atoms. The monoisotopic (exact) mass is 315 g/mol. The Morgan fingerprint density at radius 1 is 1.22 bits per heavy atom. The fourth-order valence-corrected chi connectivity index (χ4v) is 4.12. The Bertz CT molecular complexity index is 582. The fourth-order valence-electron chi connectivity index (χ4n) is 4.12. The number of carbonyl (C=O) groups excluding carboxylic acids is 2. The van der Waals surface area contributed by atoms with Crippen molar-refractivity contribution in [1.82, 2.24) is 4.90 Å². The first-order chi connectivity index (χ1) is 11.0. The topological polar surface area (TPSA) is 46.6 Å². The first-order valence-electron chi connectivity index (χ1n) is 8.51. The standard InChI is InChI=1S/C19H25NO3/c1-19(2)15-10-6-7-11-16(15)20(18(19)22)12-17(21)23-13-14-8-4-3-5-9-14/h3-5,8-9,15-16H,6-7,10-13H2,1-2H3. The first-order valence-corrected chi connectivity index (χ1v) is 8.51. The van der Waals surface area contributed by atoms with Crippen molar-refractivity contribution in [2.24, 2.45) is 11.3 Å². The predicted octanol–water partition coefficient (Wildman–Crippen LogP) is 3.16. The summed E-state index contributed by atoms with van der Waals surface area (Å²) in [6, 6.07) is 9.82. The van der Waals surface area contributed by atoms with Gasteiger partial charge in [0.2, 0.25) is 5.91 Å². The quantitative estimate of drug-likeness (QED) is 0.802. The zero-order valence-corrected chi connectivity index (χ0v) is 14.0. The van der Waals surface area contributed by atoms with Gasteiger partial charge in [0.25, 0.3) is 0 Å². The smallest absolute Gasteiger partial charge is 0.325 e. The van der Waals surface area contributed by atoms with Crippen molar-refractivity contribution in [1.29, 1.82) is 0 Å². The summed E-state index contributed by atoms with van der Waals surface area (Å²) in [7, 11) is 0. The molecule has 2 aliphatic rings. The lowest BCUT2D eigenvalue weighted by Crippen LogP contribution is -2.40. The number of hydrogen-bond acceptors (Lipinski definition) is 3. The minimum Gasteiger partial charge on any atom is -0.459 e. The van der Waals surface area contributed by atoms with E-state index < -0.39 is 0 Å². The molecule has 1 aromatic carbocycles. The van der Waals surface area contributed by atoms with Gasteiger partial charge >= 0.3 is 5.97 Å². The number of rotatable bonds is 4. The Balaban J connectivity index is 1.62. The summed E-state index contributed by atoms with van der Waals surface area (Å²) in [5, 5.41) is 0. The third kappa shape index (κ3) is 3.12. The van der Waals surface area contributed by atoms with Gasteiger partial charge in [-0.05, 0) is 24.3 Å². The molecule has 2 fully saturated rings. The molecule has 2 atom stereocenters. The summed E-state index contributed by atoms with van der Waals surface area (Å²) in [5.74, 6) is 0.154.